The van der Waals surface area contributed by atoms with Crippen LogP contribution < -0.4 is 10.7 Å². The summed E-state index contributed by atoms with van der Waals surface area (Å²) in [6.07, 6.45) is 0.192. The number of hydrogen-bond acceptors (Lipinski definition) is 3. The predicted molar refractivity (Wildman–Crippen MR) is 109 cm³/mol. The summed E-state index contributed by atoms with van der Waals surface area (Å²) < 4.78 is 1.11. The summed E-state index contributed by atoms with van der Waals surface area (Å²) in [5.41, 5.74) is 5.90. The van der Waals surface area contributed by atoms with Crippen LogP contribution in [0.3, 0.4) is 0 Å². The van der Waals surface area contributed by atoms with E-state index in [0.29, 0.717) is 5.71 Å². The molecule has 2 amide bonds. The molecule has 0 aliphatic heterocycles. The molecule has 0 saturated carbocycles. The van der Waals surface area contributed by atoms with Gasteiger partial charge in [0.2, 0.25) is 11.8 Å². The topological polar surface area (TPSA) is 70.6 Å². The lowest BCUT2D eigenvalue weighted by molar-refractivity contribution is -0.124. The van der Waals surface area contributed by atoms with Crippen LogP contribution in [0.5, 0.6) is 0 Å². The number of hydrazone groups is 1. The molecule has 0 aliphatic carbocycles. The Morgan fingerprint density at radius 3 is 2.40 bits per heavy atom. The number of halogens is 1. The average molecular weight is 449 g/mol. The quantitative estimate of drug-likeness (QED) is 0.400. The molecule has 2 aromatic rings. The molecule has 0 saturated heterocycles. The van der Waals surface area contributed by atoms with Crippen molar-refractivity contribution in [3.63, 3.8) is 0 Å². The lowest BCUT2D eigenvalue weighted by Crippen LogP contribution is -2.22. The standard InChI is InChI=1S/C19H20IN3O2/c1-13-12-16(20)8-9-17(13)21-18(24)10-11-19(25)23-22-14(2)15-6-4-3-5-7-15/h3-9,12H,10-11H2,1-2H3,(H,21,24)(H,23,25)/b22-14+. The van der Waals surface area contributed by atoms with Crippen molar-refractivity contribution in [1.82, 2.24) is 5.43 Å². The van der Waals surface area contributed by atoms with Gasteiger partial charge in [-0.25, -0.2) is 5.43 Å². The minimum atomic E-state index is -0.287. The lowest BCUT2D eigenvalue weighted by Gasteiger charge is -2.08. The van der Waals surface area contributed by atoms with Gasteiger partial charge in [0.1, 0.15) is 0 Å². The number of nitrogens with zero attached hydrogens (tertiary/aromatic N) is 1. The van der Waals surface area contributed by atoms with Crippen molar-refractivity contribution in [3.05, 3.63) is 63.2 Å². The van der Waals surface area contributed by atoms with E-state index in [0.717, 1.165) is 20.4 Å². The molecular weight excluding hydrogens is 429 g/mol. The lowest BCUT2D eigenvalue weighted by atomic mass is 10.1. The molecule has 6 heteroatoms. The van der Waals surface area contributed by atoms with Crippen LogP contribution in [-0.2, 0) is 9.59 Å². The molecule has 0 bridgehead atoms. The predicted octanol–water partition coefficient (Wildman–Crippen LogP) is 3.86. The number of amides is 2. The van der Waals surface area contributed by atoms with Crippen LogP contribution in [0.15, 0.2) is 53.6 Å². The Morgan fingerprint density at radius 1 is 1.04 bits per heavy atom. The zero-order chi connectivity index (χ0) is 18.2. The van der Waals surface area contributed by atoms with Gasteiger partial charge in [-0.3, -0.25) is 9.59 Å². The summed E-state index contributed by atoms with van der Waals surface area (Å²) in [4.78, 5) is 23.8. The van der Waals surface area contributed by atoms with Crippen molar-refractivity contribution in [2.45, 2.75) is 26.7 Å². The first kappa shape index (κ1) is 19.1. The smallest absolute Gasteiger partial charge is 0.240 e. The number of anilines is 1. The van der Waals surface area contributed by atoms with Crippen LogP contribution in [0.25, 0.3) is 0 Å². The molecule has 0 aromatic heterocycles. The van der Waals surface area contributed by atoms with Crippen molar-refractivity contribution < 1.29 is 9.59 Å². The molecule has 0 atom stereocenters. The van der Waals surface area contributed by atoms with E-state index >= 15 is 0 Å². The number of benzene rings is 2. The molecule has 130 valence electrons. The van der Waals surface area contributed by atoms with Crippen molar-refractivity contribution >= 4 is 45.8 Å². The van der Waals surface area contributed by atoms with Gasteiger partial charge >= 0.3 is 0 Å². The molecule has 2 rings (SSSR count). The SMILES string of the molecule is C/C(=N\NC(=O)CCC(=O)Nc1ccc(I)cc1C)c1ccccc1. The third kappa shape index (κ3) is 6.30. The van der Waals surface area contributed by atoms with Crippen LogP contribution in [-0.4, -0.2) is 17.5 Å². The van der Waals surface area contributed by atoms with Crippen LogP contribution in [0.4, 0.5) is 5.69 Å². The van der Waals surface area contributed by atoms with Crippen LogP contribution in [0.2, 0.25) is 0 Å². The largest absolute Gasteiger partial charge is 0.326 e. The number of rotatable bonds is 6. The Morgan fingerprint density at radius 2 is 1.72 bits per heavy atom. The van der Waals surface area contributed by atoms with Crippen LogP contribution >= 0.6 is 22.6 Å². The molecule has 2 N–H and O–H groups in total. The highest BCUT2D eigenvalue weighted by atomic mass is 127. The van der Waals surface area contributed by atoms with Gasteiger partial charge in [-0.1, -0.05) is 30.3 Å². The van der Waals surface area contributed by atoms with Gasteiger partial charge in [-0.05, 0) is 65.8 Å². The molecule has 0 fully saturated rings. The summed E-state index contributed by atoms with van der Waals surface area (Å²) in [5, 5.41) is 6.89. The first-order valence-electron chi connectivity index (χ1n) is 7.90. The van der Waals surface area contributed by atoms with Crippen LogP contribution in [0, 0.1) is 10.5 Å². The first-order chi connectivity index (χ1) is 12.0. The Hall–Kier alpha value is -2.22. The van der Waals surface area contributed by atoms with Gasteiger partial charge in [0.05, 0.1) is 5.71 Å². The van der Waals surface area contributed by atoms with E-state index in [9.17, 15) is 9.59 Å². The fraction of sp³-hybridized carbons (Fsp3) is 0.211. The number of nitrogens with one attached hydrogen (secondary N) is 2. The van der Waals surface area contributed by atoms with Gasteiger partial charge < -0.3 is 5.32 Å². The van der Waals surface area contributed by atoms with Gasteiger partial charge in [-0.2, -0.15) is 5.10 Å². The van der Waals surface area contributed by atoms with E-state index < -0.39 is 0 Å². The first-order valence-corrected chi connectivity index (χ1v) is 8.98. The zero-order valence-electron chi connectivity index (χ0n) is 14.2. The minimum absolute atomic E-state index is 0.0841. The molecular formula is C19H20IN3O2. The Kier molecular flexibility index (Phi) is 7.12. The normalized spacial score (nSPS) is 11.1. The molecule has 0 spiro atoms. The number of hydrogen-bond donors (Lipinski definition) is 2. The van der Waals surface area contributed by atoms with E-state index in [1.807, 2.05) is 62.4 Å². The molecule has 0 unspecified atom stereocenters. The number of carbonyl (C=O) groups is 2. The van der Waals surface area contributed by atoms with E-state index in [1.165, 1.54) is 0 Å². The highest BCUT2D eigenvalue weighted by molar-refractivity contribution is 14.1. The van der Waals surface area contributed by atoms with Crippen molar-refractivity contribution in [3.8, 4) is 0 Å². The summed E-state index contributed by atoms with van der Waals surface area (Å²) in [5.74, 6) is -0.479. The molecule has 0 aliphatic rings. The third-order valence-electron chi connectivity index (χ3n) is 3.58. The summed E-state index contributed by atoms with van der Waals surface area (Å²) in [6, 6.07) is 15.4. The van der Waals surface area contributed by atoms with E-state index in [1.54, 1.807) is 0 Å². The van der Waals surface area contributed by atoms with Crippen molar-refractivity contribution in [1.29, 1.82) is 0 Å². The maximum absolute atomic E-state index is 12.0. The second-order valence-corrected chi connectivity index (χ2v) is 6.85. The molecule has 5 nitrogen and oxygen atoms in total. The van der Waals surface area contributed by atoms with Crippen LogP contribution in [0.1, 0.15) is 30.9 Å². The Labute approximate surface area is 161 Å². The monoisotopic (exact) mass is 449 g/mol. The van der Waals surface area contributed by atoms with Gasteiger partial charge in [0, 0.05) is 22.1 Å². The van der Waals surface area contributed by atoms with E-state index in [2.05, 4.69) is 38.4 Å². The van der Waals surface area contributed by atoms with E-state index in [-0.39, 0.29) is 24.7 Å². The minimum Gasteiger partial charge on any atom is -0.326 e. The summed E-state index contributed by atoms with van der Waals surface area (Å²) >= 11 is 2.22. The Balaban J connectivity index is 1.80. The van der Waals surface area contributed by atoms with Gasteiger partial charge in [0.15, 0.2) is 0 Å². The van der Waals surface area contributed by atoms with Crippen molar-refractivity contribution in [2.75, 3.05) is 5.32 Å². The Bertz CT molecular complexity index is 789. The molecule has 0 heterocycles. The molecule has 0 radical (unpaired) electrons. The zero-order valence-corrected chi connectivity index (χ0v) is 16.3. The maximum Gasteiger partial charge on any atom is 0.240 e. The second kappa shape index (κ2) is 9.31. The maximum atomic E-state index is 12.0. The van der Waals surface area contributed by atoms with Gasteiger partial charge in [-0.15, -0.1) is 0 Å². The van der Waals surface area contributed by atoms with Crippen molar-refractivity contribution in [2.24, 2.45) is 5.10 Å². The highest BCUT2D eigenvalue weighted by Gasteiger charge is 2.08. The van der Waals surface area contributed by atoms with E-state index in [4.69, 9.17) is 0 Å². The fourth-order valence-electron chi connectivity index (χ4n) is 2.15. The summed E-state index contributed by atoms with van der Waals surface area (Å²) in [7, 11) is 0. The fourth-order valence-corrected chi connectivity index (χ4v) is 2.80. The number of aryl methyl sites for hydroxylation is 1. The third-order valence-corrected chi connectivity index (χ3v) is 4.25. The molecule has 2 aromatic carbocycles. The molecule has 25 heavy (non-hydrogen) atoms. The average Bonchev–Trinajstić information content (AvgIpc) is 2.61. The number of carbonyl (C=O) groups excluding carboxylic acids is 2. The summed E-state index contributed by atoms with van der Waals surface area (Å²) in [6.45, 7) is 3.76. The highest BCUT2D eigenvalue weighted by Crippen LogP contribution is 2.17. The second-order valence-electron chi connectivity index (χ2n) is 5.61. The van der Waals surface area contributed by atoms with Gasteiger partial charge in [0.25, 0.3) is 0 Å².